The predicted molar refractivity (Wildman–Crippen MR) is 238 cm³/mol. The molecule has 1 aromatic heterocycles. The van der Waals surface area contributed by atoms with Gasteiger partial charge in [-0.2, -0.15) is 0 Å². The van der Waals surface area contributed by atoms with E-state index < -0.39 is 0 Å². The van der Waals surface area contributed by atoms with Crippen molar-refractivity contribution >= 4 is 54.5 Å². The predicted octanol–water partition coefficient (Wildman–Crippen LogP) is 14.7. The number of hydrogen-bond acceptors (Lipinski definition) is 0. The molecule has 0 saturated heterocycles. The molecule has 11 rings (SSSR count). The number of hydrogen-bond donors (Lipinski definition) is 0. The number of allylic oxidation sites excluding steroid dienone is 2. The van der Waals surface area contributed by atoms with Crippen molar-refractivity contribution in [2.24, 2.45) is 0 Å². The average Bonchev–Trinajstić information content (AvgIpc) is 3.61. The fourth-order valence-corrected chi connectivity index (χ4v) is 9.19. The molecule has 1 unspecified atom stereocenters. The van der Waals surface area contributed by atoms with Crippen LogP contribution < -0.4 is 0 Å². The molecule has 0 aliphatic heterocycles. The SMILES string of the molecule is C=C1c2ccc3ccccc3c2C(c2ccc(-c3ccc(-c4cccc(-n5c6ccccc6c6ccccc65)c4)c4ccccc34)cc2)=CC1c1ccccc1. The summed E-state index contributed by atoms with van der Waals surface area (Å²) in [5.41, 5.74) is 15.8. The Morgan fingerprint density at radius 2 is 0.946 bits per heavy atom. The van der Waals surface area contributed by atoms with E-state index in [-0.39, 0.29) is 5.92 Å². The zero-order valence-corrected chi connectivity index (χ0v) is 30.9. The fourth-order valence-electron chi connectivity index (χ4n) is 9.19. The molecule has 262 valence electrons. The smallest absolute Gasteiger partial charge is 0.0541 e. The molecule has 1 atom stereocenters. The summed E-state index contributed by atoms with van der Waals surface area (Å²) in [6.07, 6.45) is 2.43. The van der Waals surface area contributed by atoms with Gasteiger partial charge in [0.2, 0.25) is 0 Å². The largest absolute Gasteiger partial charge is 0.309 e. The van der Waals surface area contributed by atoms with Crippen LogP contribution in [0.3, 0.4) is 0 Å². The number of benzene rings is 9. The normalized spacial score (nSPS) is 14.0. The van der Waals surface area contributed by atoms with E-state index in [1.807, 2.05) is 0 Å². The Morgan fingerprint density at radius 1 is 0.393 bits per heavy atom. The molecule has 0 radical (unpaired) electrons. The minimum absolute atomic E-state index is 0.101. The zero-order valence-electron chi connectivity index (χ0n) is 30.9. The minimum atomic E-state index is 0.101. The van der Waals surface area contributed by atoms with Gasteiger partial charge in [-0.15, -0.1) is 0 Å². The average molecular weight is 712 g/mol. The molecule has 1 heteroatoms. The van der Waals surface area contributed by atoms with Crippen LogP contribution in [0.4, 0.5) is 0 Å². The number of para-hydroxylation sites is 2. The van der Waals surface area contributed by atoms with E-state index in [1.54, 1.807) is 0 Å². The maximum atomic E-state index is 4.66. The highest BCUT2D eigenvalue weighted by atomic mass is 15.0. The third kappa shape index (κ3) is 5.09. The molecule has 0 N–H and O–H groups in total. The van der Waals surface area contributed by atoms with Gasteiger partial charge in [0.25, 0.3) is 0 Å². The van der Waals surface area contributed by atoms with Crippen LogP contribution in [0.15, 0.2) is 213 Å². The molecule has 1 aliphatic carbocycles. The molecule has 0 amide bonds. The van der Waals surface area contributed by atoms with Crippen LogP contribution in [-0.4, -0.2) is 4.57 Å². The van der Waals surface area contributed by atoms with Gasteiger partial charge >= 0.3 is 0 Å². The first-order valence-electron chi connectivity index (χ1n) is 19.4. The number of rotatable bonds is 5. The lowest BCUT2D eigenvalue weighted by Gasteiger charge is -2.29. The van der Waals surface area contributed by atoms with Gasteiger partial charge in [-0.05, 0) is 101 Å². The Morgan fingerprint density at radius 3 is 1.64 bits per heavy atom. The molecule has 0 spiro atoms. The van der Waals surface area contributed by atoms with Crippen LogP contribution in [0.25, 0.3) is 82.4 Å². The molecule has 10 aromatic rings. The lowest BCUT2D eigenvalue weighted by Crippen LogP contribution is -2.09. The number of nitrogens with zero attached hydrogens (tertiary/aromatic N) is 1. The van der Waals surface area contributed by atoms with Crippen molar-refractivity contribution in [2.45, 2.75) is 5.92 Å². The van der Waals surface area contributed by atoms with E-state index in [9.17, 15) is 0 Å². The molecule has 0 fully saturated rings. The summed E-state index contributed by atoms with van der Waals surface area (Å²) >= 11 is 0. The van der Waals surface area contributed by atoms with Gasteiger partial charge in [-0.25, -0.2) is 0 Å². The highest BCUT2D eigenvalue weighted by molar-refractivity contribution is 6.10. The van der Waals surface area contributed by atoms with Gasteiger partial charge in [0.1, 0.15) is 0 Å². The van der Waals surface area contributed by atoms with Crippen LogP contribution in [0.2, 0.25) is 0 Å². The van der Waals surface area contributed by atoms with Crippen LogP contribution in [0.5, 0.6) is 0 Å². The molecular formula is C55H37N. The Kier molecular flexibility index (Phi) is 7.47. The Balaban J connectivity index is 1.01. The van der Waals surface area contributed by atoms with Crippen LogP contribution in [0, 0.1) is 0 Å². The van der Waals surface area contributed by atoms with Crippen molar-refractivity contribution in [2.75, 3.05) is 0 Å². The van der Waals surface area contributed by atoms with E-state index in [4.69, 9.17) is 0 Å². The second kappa shape index (κ2) is 13.0. The lowest BCUT2D eigenvalue weighted by molar-refractivity contribution is 1.09. The van der Waals surface area contributed by atoms with Gasteiger partial charge in [-0.1, -0.05) is 189 Å². The Labute approximate surface area is 326 Å². The van der Waals surface area contributed by atoms with Gasteiger partial charge < -0.3 is 4.57 Å². The third-order valence-electron chi connectivity index (χ3n) is 11.8. The quantitative estimate of drug-likeness (QED) is 0.167. The van der Waals surface area contributed by atoms with E-state index in [2.05, 4.69) is 217 Å². The molecule has 0 saturated carbocycles. The van der Waals surface area contributed by atoms with Crippen molar-refractivity contribution in [1.82, 2.24) is 4.57 Å². The van der Waals surface area contributed by atoms with E-state index in [0.717, 1.165) is 11.3 Å². The van der Waals surface area contributed by atoms with Crippen molar-refractivity contribution < 1.29 is 0 Å². The summed E-state index contributed by atoms with van der Waals surface area (Å²) in [7, 11) is 0. The maximum Gasteiger partial charge on any atom is 0.0541 e. The topological polar surface area (TPSA) is 4.93 Å². The second-order valence-corrected chi connectivity index (χ2v) is 14.9. The van der Waals surface area contributed by atoms with Crippen LogP contribution in [0.1, 0.15) is 28.2 Å². The summed E-state index contributed by atoms with van der Waals surface area (Å²) < 4.78 is 2.40. The minimum Gasteiger partial charge on any atom is -0.309 e. The van der Waals surface area contributed by atoms with Gasteiger partial charge in [0.05, 0.1) is 11.0 Å². The summed E-state index contributed by atoms with van der Waals surface area (Å²) in [6, 6.07) is 73.1. The van der Waals surface area contributed by atoms with Crippen molar-refractivity contribution in [3.8, 4) is 27.9 Å². The summed E-state index contributed by atoms with van der Waals surface area (Å²) in [5.74, 6) is 0.101. The maximum absolute atomic E-state index is 4.66. The standard InChI is InChI=1S/C55H37N/c1-36-43-31-30-38-16-5-6-19-46(38)55(43)52(35-51(36)37-14-3-2-4-15-37)40-28-26-39(27-29-40)44-32-33-45(48-21-8-7-20-47(44)48)41-17-13-18-42(34-41)56-53-24-11-9-22-49(53)50-23-10-12-25-54(50)56/h2-35,51H,1H2. The van der Waals surface area contributed by atoms with Crippen molar-refractivity contribution in [3.63, 3.8) is 0 Å². The number of aromatic nitrogens is 1. The molecule has 56 heavy (non-hydrogen) atoms. The molecular weight excluding hydrogens is 675 g/mol. The van der Waals surface area contributed by atoms with Crippen molar-refractivity contribution in [3.05, 3.63) is 235 Å². The summed E-state index contributed by atoms with van der Waals surface area (Å²) in [6.45, 7) is 4.66. The first-order valence-corrected chi connectivity index (χ1v) is 19.4. The van der Waals surface area contributed by atoms with E-state index >= 15 is 0 Å². The van der Waals surface area contributed by atoms with Gasteiger partial charge in [-0.3, -0.25) is 0 Å². The highest BCUT2D eigenvalue weighted by Crippen LogP contribution is 2.47. The van der Waals surface area contributed by atoms with Gasteiger partial charge in [0.15, 0.2) is 0 Å². The fraction of sp³-hybridized carbons (Fsp3) is 0.0182. The van der Waals surface area contributed by atoms with E-state index in [1.165, 1.54) is 93.4 Å². The van der Waals surface area contributed by atoms with Gasteiger partial charge in [0, 0.05) is 22.4 Å². The van der Waals surface area contributed by atoms with Crippen LogP contribution >= 0.6 is 0 Å². The monoisotopic (exact) mass is 711 g/mol. The first-order chi connectivity index (χ1) is 27.7. The highest BCUT2D eigenvalue weighted by Gasteiger charge is 2.27. The van der Waals surface area contributed by atoms with E-state index in [0.29, 0.717) is 0 Å². The molecule has 0 bridgehead atoms. The number of fused-ring (bicyclic) bond motifs is 7. The third-order valence-corrected chi connectivity index (χ3v) is 11.8. The van der Waals surface area contributed by atoms with Crippen molar-refractivity contribution in [1.29, 1.82) is 0 Å². The Hall–Kier alpha value is -7.22. The molecule has 1 nitrogen and oxygen atoms in total. The zero-order chi connectivity index (χ0) is 37.2. The molecule has 1 heterocycles. The summed E-state index contributed by atoms with van der Waals surface area (Å²) in [4.78, 5) is 0. The Bertz CT molecular complexity index is 3140. The lowest BCUT2D eigenvalue weighted by atomic mass is 9.75. The molecule has 9 aromatic carbocycles. The second-order valence-electron chi connectivity index (χ2n) is 14.9. The summed E-state index contributed by atoms with van der Waals surface area (Å²) in [5, 5.41) is 7.53. The molecule has 1 aliphatic rings. The first kappa shape index (κ1) is 32.2. The van der Waals surface area contributed by atoms with Crippen LogP contribution in [-0.2, 0) is 0 Å².